The normalized spacial score (nSPS) is 19.6. The van der Waals surface area contributed by atoms with E-state index in [1.165, 1.54) is 0 Å². The van der Waals surface area contributed by atoms with Gasteiger partial charge in [0.2, 0.25) is 0 Å². The molecular formula is C24H30N4O3S2. The third-order valence-corrected chi connectivity index (χ3v) is 5.98. The molecule has 2 aromatic rings. The van der Waals surface area contributed by atoms with Crippen LogP contribution in [-0.4, -0.2) is 48.7 Å². The number of thiocarbonyl (C=S) groups is 2. The van der Waals surface area contributed by atoms with Crippen molar-refractivity contribution < 1.29 is 14.2 Å². The van der Waals surface area contributed by atoms with E-state index in [1.54, 1.807) is 0 Å². The molecule has 0 bridgehead atoms. The molecule has 0 radical (unpaired) electrons. The summed E-state index contributed by atoms with van der Waals surface area (Å²) in [5.74, 6) is 1.49. The van der Waals surface area contributed by atoms with E-state index in [2.05, 4.69) is 21.3 Å². The molecule has 2 heterocycles. The predicted octanol–water partition coefficient (Wildman–Crippen LogP) is 4.41. The van der Waals surface area contributed by atoms with Crippen LogP contribution in [-0.2, 0) is 9.47 Å². The van der Waals surface area contributed by atoms with Crippen molar-refractivity contribution in [2.75, 3.05) is 36.9 Å². The molecule has 2 saturated heterocycles. The molecule has 4 rings (SSSR count). The number of rotatable bonds is 8. The van der Waals surface area contributed by atoms with Gasteiger partial charge in [0.1, 0.15) is 11.5 Å². The maximum Gasteiger partial charge on any atom is 0.170 e. The van der Waals surface area contributed by atoms with Gasteiger partial charge in [0.05, 0.1) is 12.2 Å². The molecule has 2 aromatic carbocycles. The molecular weight excluding hydrogens is 456 g/mol. The zero-order valence-corrected chi connectivity index (χ0v) is 20.1. The van der Waals surface area contributed by atoms with Gasteiger partial charge in [-0.2, -0.15) is 0 Å². The zero-order chi connectivity index (χ0) is 22.9. The third-order valence-electron chi connectivity index (χ3n) is 5.49. The SMILES string of the molecule is S=C(NC[C@H]1CCCO1)Nc1ccc(Oc2ccc(NC(=S)NC[C@H]3CCCO3)cc2)cc1. The van der Waals surface area contributed by atoms with Crippen LogP contribution < -0.4 is 26.0 Å². The highest BCUT2D eigenvalue weighted by Crippen LogP contribution is 2.24. The number of ether oxygens (including phenoxy) is 3. The molecule has 0 saturated carbocycles. The summed E-state index contributed by atoms with van der Waals surface area (Å²) in [6, 6.07) is 15.4. The van der Waals surface area contributed by atoms with Crippen molar-refractivity contribution >= 4 is 46.0 Å². The minimum Gasteiger partial charge on any atom is -0.457 e. The lowest BCUT2D eigenvalue weighted by Crippen LogP contribution is -2.34. The van der Waals surface area contributed by atoms with Gasteiger partial charge in [0.15, 0.2) is 10.2 Å². The van der Waals surface area contributed by atoms with Crippen molar-refractivity contribution in [2.45, 2.75) is 37.9 Å². The van der Waals surface area contributed by atoms with E-state index in [0.29, 0.717) is 10.2 Å². The molecule has 0 spiro atoms. The molecule has 4 N–H and O–H groups in total. The standard InChI is InChI=1S/C24H30N4O3S2/c32-23(25-15-21-3-1-13-29-21)27-17-5-9-19(10-6-17)31-20-11-7-18(8-12-20)28-24(33)26-16-22-4-2-14-30-22/h5-12,21-22H,1-4,13-16H2,(H2,25,27,32)(H2,26,28,33)/t21-,22-/m1/s1. The fraction of sp³-hybridized carbons (Fsp3) is 0.417. The summed E-state index contributed by atoms with van der Waals surface area (Å²) in [6.45, 7) is 3.14. The van der Waals surface area contributed by atoms with Crippen molar-refractivity contribution in [3.63, 3.8) is 0 Å². The summed E-state index contributed by atoms with van der Waals surface area (Å²) < 4.78 is 17.1. The van der Waals surface area contributed by atoms with E-state index >= 15 is 0 Å². The first kappa shape index (κ1) is 23.7. The molecule has 7 nitrogen and oxygen atoms in total. The summed E-state index contributed by atoms with van der Waals surface area (Å²) in [5, 5.41) is 14.0. The zero-order valence-electron chi connectivity index (χ0n) is 18.5. The highest BCUT2D eigenvalue weighted by atomic mass is 32.1. The van der Waals surface area contributed by atoms with E-state index in [9.17, 15) is 0 Å². The average Bonchev–Trinajstić information content (AvgIpc) is 3.53. The molecule has 33 heavy (non-hydrogen) atoms. The summed E-state index contributed by atoms with van der Waals surface area (Å²) in [6.07, 6.45) is 4.90. The van der Waals surface area contributed by atoms with Crippen molar-refractivity contribution in [3.8, 4) is 11.5 Å². The first-order chi connectivity index (χ1) is 16.1. The van der Waals surface area contributed by atoms with Gasteiger partial charge in [-0.1, -0.05) is 0 Å². The van der Waals surface area contributed by atoms with Gasteiger partial charge in [0, 0.05) is 37.7 Å². The topological polar surface area (TPSA) is 75.8 Å². The summed E-state index contributed by atoms with van der Waals surface area (Å²) in [7, 11) is 0. The Morgan fingerprint density at radius 3 is 1.52 bits per heavy atom. The Hall–Kier alpha value is -2.46. The molecule has 0 aromatic heterocycles. The molecule has 0 aliphatic carbocycles. The molecule has 0 unspecified atom stereocenters. The van der Waals surface area contributed by atoms with E-state index < -0.39 is 0 Å². The lowest BCUT2D eigenvalue weighted by Gasteiger charge is -2.15. The molecule has 2 aliphatic rings. The molecule has 176 valence electrons. The van der Waals surface area contributed by atoms with Gasteiger partial charge in [0.25, 0.3) is 0 Å². The number of hydrogen-bond acceptors (Lipinski definition) is 5. The second-order valence-corrected chi connectivity index (χ2v) is 8.91. The highest BCUT2D eigenvalue weighted by Gasteiger charge is 2.16. The Morgan fingerprint density at radius 1 is 0.727 bits per heavy atom. The Bertz CT molecular complexity index is 837. The second kappa shape index (κ2) is 12.1. The van der Waals surface area contributed by atoms with Crippen LogP contribution in [0.5, 0.6) is 11.5 Å². The van der Waals surface area contributed by atoms with Gasteiger partial charge < -0.3 is 35.5 Å². The highest BCUT2D eigenvalue weighted by molar-refractivity contribution is 7.80. The molecule has 2 fully saturated rings. The maximum atomic E-state index is 5.94. The molecule has 2 aliphatic heterocycles. The van der Waals surface area contributed by atoms with Crippen LogP contribution in [0.25, 0.3) is 0 Å². The van der Waals surface area contributed by atoms with E-state index in [1.807, 2.05) is 48.5 Å². The molecule has 0 amide bonds. The summed E-state index contributed by atoms with van der Waals surface area (Å²) in [5.41, 5.74) is 1.80. The van der Waals surface area contributed by atoms with Crippen LogP contribution in [0.3, 0.4) is 0 Å². The van der Waals surface area contributed by atoms with Gasteiger partial charge in [-0.15, -0.1) is 0 Å². The summed E-state index contributed by atoms with van der Waals surface area (Å²) in [4.78, 5) is 0. The minimum absolute atomic E-state index is 0.250. The van der Waals surface area contributed by atoms with Gasteiger partial charge >= 0.3 is 0 Å². The largest absolute Gasteiger partial charge is 0.457 e. The van der Waals surface area contributed by atoms with Gasteiger partial charge in [-0.3, -0.25) is 0 Å². The molecule has 2 atom stereocenters. The number of hydrogen-bond donors (Lipinski definition) is 4. The van der Waals surface area contributed by atoms with Gasteiger partial charge in [-0.05, 0) is 98.6 Å². The van der Waals surface area contributed by atoms with Crippen molar-refractivity contribution in [2.24, 2.45) is 0 Å². The lowest BCUT2D eigenvalue weighted by atomic mass is 10.2. The summed E-state index contributed by atoms with van der Waals surface area (Å²) >= 11 is 10.7. The van der Waals surface area contributed by atoms with E-state index in [0.717, 1.165) is 74.9 Å². The maximum absolute atomic E-state index is 5.94. The average molecular weight is 487 g/mol. The van der Waals surface area contributed by atoms with Crippen LogP contribution in [0.15, 0.2) is 48.5 Å². The monoisotopic (exact) mass is 486 g/mol. The Kier molecular flexibility index (Phi) is 8.71. The fourth-order valence-electron chi connectivity index (χ4n) is 3.72. The Balaban J connectivity index is 1.19. The fourth-order valence-corrected chi connectivity index (χ4v) is 4.13. The van der Waals surface area contributed by atoms with Crippen molar-refractivity contribution in [3.05, 3.63) is 48.5 Å². The van der Waals surface area contributed by atoms with E-state index in [4.69, 9.17) is 38.6 Å². The van der Waals surface area contributed by atoms with E-state index in [-0.39, 0.29) is 12.2 Å². The van der Waals surface area contributed by atoms with Crippen molar-refractivity contribution in [1.82, 2.24) is 10.6 Å². The first-order valence-corrected chi connectivity index (χ1v) is 12.2. The minimum atomic E-state index is 0.250. The Morgan fingerprint density at radius 2 is 1.15 bits per heavy atom. The third kappa shape index (κ3) is 7.82. The number of anilines is 2. The van der Waals surface area contributed by atoms with Gasteiger partial charge in [-0.25, -0.2) is 0 Å². The smallest absolute Gasteiger partial charge is 0.170 e. The number of benzene rings is 2. The predicted molar refractivity (Wildman–Crippen MR) is 139 cm³/mol. The number of nitrogens with one attached hydrogen (secondary N) is 4. The van der Waals surface area contributed by atoms with Crippen LogP contribution in [0.1, 0.15) is 25.7 Å². The van der Waals surface area contributed by atoms with Crippen LogP contribution in [0, 0.1) is 0 Å². The lowest BCUT2D eigenvalue weighted by molar-refractivity contribution is 0.114. The second-order valence-electron chi connectivity index (χ2n) is 8.09. The van der Waals surface area contributed by atoms with Crippen LogP contribution in [0.2, 0.25) is 0 Å². The van der Waals surface area contributed by atoms with Crippen LogP contribution in [0.4, 0.5) is 11.4 Å². The quantitative estimate of drug-likeness (QED) is 0.406. The molecule has 9 heteroatoms. The Labute approximate surface area is 205 Å². The van der Waals surface area contributed by atoms with Crippen molar-refractivity contribution in [1.29, 1.82) is 0 Å². The first-order valence-electron chi connectivity index (χ1n) is 11.3. The van der Waals surface area contributed by atoms with Crippen LogP contribution >= 0.6 is 24.4 Å².